The van der Waals surface area contributed by atoms with E-state index >= 15 is 0 Å². The second-order valence-corrected chi connectivity index (χ2v) is 14.0. The normalized spacial score (nSPS) is 12.5. The zero-order chi connectivity index (χ0) is 35.9. The van der Waals surface area contributed by atoms with Crippen LogP contribution < -0.4 is 0 Å². The van der Waals surface area contributed by atoms with Gasteiger partial charge in [-0.1, -0.05) is 166 Å². The number of hydrogen-bond acceptors (Lipinski definition) is 4. The highest BCUT2D eigenvalue weighted by molar-refractivity contribution is 5.84. The summed E-state index contributed by atoms with van der Waals surface area (Å²) in [6, 6.07) is 61.1. The molecular weight excluding hydrogens is 645 g/mol. The number of nitrogens with zero attached hydrogens (tertiary/aromatic N) is 4. The van der Waals surface area contributed by atoms with E-state index in [9.17, 15) is 5.26 Å². The van der Waals surface area contributed by atoms with Crippen molar-refractivity contribution in [2.24, 2.45) is 0 Å². The van der Waals surface area contributed by atoms with Crippen LogP contribution in [0.3, 0.4) is 0 Å². The maximum atomic E-state index is 9.54. The molecule has 0 N–H and O–H groups in total. The van der Waals surface area contributed by atoms with E-state index in [4.69, 9.17) is 15.0 Å². The first-order valence-electron chi connectivity index (χ1n) is 17.8. The molecule has 0 saturated carbocycles. The number of rotatable bonds is 6. The fourth-order valence-electron chi connectivity index (χ4n) is 7.45. The molecular formula is C49H34N4. The van der Waals surface area contributed by atoms with E-state index in [-0.39, 0.29) is 5.41 Å². The van der Waals surface area contributed by atoms with Crippen LogP contribution in [0.4, 0.5) is 0 Å². The Morgan fingerprint density at radius 3 is 1.15 bits per heavy atom. The second kappa shape index (κ2) is 13.0. The zero-order valence-electron chi connectivity index (χ0n) is 29.5. The summed E-state index contributed by atoms with van der Waals surface area (Å²) in [5, 5.41) is 9.54. The first kappa shape index (κ1) is 32.0. The Hall–Kier alpha value is -6.96. The Morgan fingerprint density at radius 2 is 0.717 bits per heavy atom. The van der Waals surface area contributed by atoms with Crippen LogP contribution in [0.15, 0.2) is 170 Å². The standard InChI is InChI=1S/C49H34N4/c1-49(2)44-29-32(31-50)13-27-42(44)43-28-26-41(30-45(43)49)37-18-24-40(25-19-37)48-52-46(38-20-14-35(15-21-38)33-9-5-3-6-10-33)51-47(53-48)39-22-16-36(17-23-39)34-11-7-4-8-12-34/h3-30H,1-2H3. The molecule has 0 amide bonds. The molecule has 0 fully saturated rings. The summed E-state index contributed by atoms with van der Waals surface area (Å²) >= 11 is 0. The summed E-state index contributed by atoms with van der Waals surface area (Å²) in [6.45, 7) is 4.48. The smallest absolute Gasteiger partial charge is 0.164 e. The van der Waals surface area contributed by atoms with Gasteiger partial charge in [0.05, 0.1) is 11.6 Å². The van der Waals surface area contributed by atoms with E-state index in [2.05, 4.69) is 166 Å². The topological polar surface area (TPSA) is 62.5 Å². The van der Waals surface area contributed by atoms with Crippen molar-refractivity contribution < 1.29 is 0 Å². The molecule has 1 aromatic heterocycles. The second-order valence-electron chi connectivity index (χ2n) is 14.0. The average Bonchev–Trinajstić information content (AvgIpc) is 3.46. The van der Waals surface area contributed by atoms with Crippen molar-refractivity contribution in [3.8, 4) is 84.7 Å². The largest absolute Gasteiger partial charge is 0.208 e. The summed E-state index contributed by atoms with van der Waals surface area (Å²) in [4.78, 5) is 15.1. The number of fused-ring (bicyclic) bond motifs is 3. The maximum Gasteiger partial charge on any atom is 0.164 e. The lowest BCUT2D eigenvalue weighted by Gasteiger charge is -2.22. The first-order chi connectivity index (χ1) is 25.9. The molecule has 0 saturated heterocycles. The summed E-state index contributed by atoms with van der Waals surface area (Å²) in [7, 11) is 0. The van der Waals surface area contributed by atoms with Crippen molar-refractivity contribution >= 4 is 0 Å². The summed E-state index contributed by atoms with van der Waals surface area (Å²) in [6.07, 6.45) is 0. The first-order valence-corrected chi connectivity index (χ1v) is 17.8. The predicted octanol–water partition coefficient (Wildman–Crippen LogP) is 12.1. The summed E-state index contributed by atoms with van der Waals surface area (Å²) in [5.41, 5.74) is 15.0. The Morgan fingerprint density at radius 1 is 0.377 bits per heavy atom. The van der Waals surface area contributed by atoms with E-state index in [1.54, 1.807) is 0 Å². The highest BCUT2D eigenvalue weighted by Gasteiger charge is 2.35. The Balaban J connectivity index is 1.08. The molecule has 1 aliphatic rings. The van der Waals surface area contributed by atoms with Crippen LogP contribution in [-0.2, 0) is 5.41 Å². The van der Waals surface area contributed by atoms with Gasteiger partial charge in [-0.25, -0.2) is 15.0 Å². The summed E-state index contributed by atoms with van der Waals surface area (Å²) < 4.78 is 0. The molecule has 0 spiro atoms. The van der Waals surface area contributed by atoms with Gasteiger partial charge in [0.2, 0.25) is 0 Å². The molecule has 1 aliphatic carbocycles. The lowest BCUT2D eigenvalue weighted by atomic mass is 9.81. The fraction of sp³-hybridized carbons (Fsp3) is 0.0612. The van der Waals surface area contributed by atoms with Crippen LogP contribution in [0.2, 0.25) is 0 Å². The van der Waals surface area contributed by atoms with Crippen LogP contribution in [0.1, 0.15) is 30.5 Å². The molecule has 0 radical (unpaired) electrons. The van der Waals surface area contributed by atoms with Gasteiger partial charge >= 0.3 is 0 Å². The third-order valence-electron chi connectivity index (χ3n) is 10.4. The van der Waals surface area contributed by atoms with Crippen molar-refractivity contribution in [3.63, 3.8) is 0 Å². The van der Waals surface area contributed by atoms with E-state index in [1.807, 2.05) is 24.3 Å². The molecule has 0 aliphatic heterocycles. The van der Waals surface area contributed by atoms with Gasteiger partial charge in [-0.15, -0.1) is 0 Å². The summed E-state index contributed by atoms with van der Waals surface area (Å²) in [5.74, 6) is 1.87. The highest BCUT2D eigenvalue weighted by Crippen LogP contribution is 2.50. The van der Waals surface area contributed by atoms with Crippen molar-refractivity contribution in [2.45, 2.75) is 19.3 Å². The maximum absolute atomic E-state index is 9.54. The molecule has 0 atom stereocenters. The quantitative estimate of drug-likeness (QED) is 0.176. The third kappa shape index (κ3) is 5.89. The minimum Gasteiger partial charge on any atom is -0.208 e. The lowest BCUT2D eigenvalue weighted by molar-refractivity contribution is 0.660. The molecule has 9 rings (SSSR count). The molecule has 1 heterocycles. The molecule has 7 aromatic carbocycles. The lowest BCUT2D eigenvalue weighted by Crippen LogP contribution is -2.15. The van der Waals surface area contributed by atoms with Crippen LogP contribution in [0, 0.1) is 11.3 Å². The Bertz CT molecular complexity index is 2550. The fourth-order valence-corrected chi connectivity index (χ4v) is 7.45. The molecule has 8 aromatic rings. The SMILES string of the molecule is CC1(C)c2cc(C#N)ccc2-c2ccc(-c3ccc(-c4nc(-c5ccc(-c6ccccc6)cc5)nc(-c5ccc(-c6ccccc6)cc5)n4)cc3)cc21. The van der Waals surface area contributed by atoms with Crippen LogP contribution in [0.25, 0.3) is 78.7 Å². The molecule has 4 heteroatoms. The van der Waals surface area contributed by atoms with Gasteiger partial charge in [0.1, 0.15) is 0 Å². The average molecular weight is 679 g/mol. The minimum absolute atomic E-state index is 0.205. The molecule has 0 unspecified atom stereocenters. The highest BCUT2D eigenvalue weighted by atomic mass is 15.0. The van der Waals surface area contributed by atoms with Crippen molar-refractivity contribution in [1.82, 2.24) is 15.0 Å². The van der Waals surface area contributed by atoms with Gasteiger partial charge in [-0.05, 0) is 73.8 Å². The molecule has 0 bridgehead atoms. The van der Waals surface area contributed by atoms with E-state index in [0.717, 1.165) is 38.9 Å². The van der Waals surface area contributed by atoms with Crippen molar-refractivity contribution in [3.05, 3.63) is 187 Å². The van der Waals surface area contributed by atoms with Crippen molar-refractivity contribution in [1.29, 1.82) is 5.26 Å². The van der Waals surface area contributed by atoms with Gasteiger partial charge in [0, 0.05) is 22.1 Å². The van der Waals surface area contributed by atoms with Crippen molar-refractivity contribution in [2.75, 3.05) is 0 Å². The van der Waals surface area contributed by atoms with E-state index < -0.39 is 0 Å². The van der Waals surface area contributed by atoms with Crippen LogP contribution in [0.5, 0.6) is 0 Å². The minimum atomic E-state index is -0.205. The Kier molecular flexibility index (Phi) is 7.83. The van der Waals surface area contributed by atoms with Crippen LogP contribution >= 0.6 is 0 Å². The van der Waals surface area contributed by atoms with E-state index in [1.165, 1.54) is 33.4 Å². The molecule has 4 nitrogen and oxygen atoms in total. The predicted molar refractivity (Wildman–Crippen MR) is 215 cm³/mol. The van der Waals surface area contributed by atoms with Gasteiger partial charge in [0.25, 0.3) is 0 Å². The number of hydrogen-bond donors (Lipinski definition) is 0. The van der Waals surface area contributed by atoms with Gasteiger partial charge in [-0.2, -0.15) is 5.26 Å². The van der Waals surface area contributed by atoms with Crippen LogP contribution in [-0.4, -0.2) is 15.0 Å². The third-order valence-corrected chi connectivity index (χ3v) is 10.4. The molecule has 250 valence electrons. The number of nitriles is 1. The zero-order valence-corrected chi connectivity index (χ0v) is 29.5. The van der Waals surface area contributed by atoms with Gasteiger partial charge in [0.15, 0.2) is 17.5 Å². The monoisotopic (exact) mass is 678 g/mol. The van der Waals surface area contributed by atoms with Gasteiger partial charge < -0.3 is 0 Å². The number of aromatic nitrogens is 3. The Labute approximate surface area is 309 Å². The number of benzene rings is 7. The van der Waals surface area contributed by atoms with Gasteiger partial charge in [-0.3, -0.25) is 0 Å². The van der Waals surface area contributed by atoms with E-state index in [0.29, 0.717) is 23.0 Å². The molecule has 53 heavy (non-hydrogen) atoms.